The second-order valence-electron chi connectivity index (χ2n) is 7.06. The van der Waals surface area contributed by atoms with Gasteiger partial charge in [-0.05, 0) is 55.8 Å². The van der Waals surface area contributed by atoms with Crippen LogP contribution < -0.4 is 4.90 Å². The van der Waals surface area contributed by atoms with Crippen LogP contribution in [0.2, 0.25) is 0 Å². The minimum atomic E-state index is -0.953. The Labute approximate surface area is 174 Å². The molecule has 0 saturated carbocycles. The molecule has 1 aromatic carbocycles. The smallest absolute Gasteiger partial charge is 0.296 e. The van der Waals surface area contributed by atoms with Gasteiger partial charge in [-0.25, -0.2) is 4.98 Å². The molecule has 0 spiro atoms. The molecule has 0 saturated heterocycles. The average Bonchev–Trinajstić information content (AvgIpc) is 3.49. The van der Waals surface area contributed by atoms with Gasteiger partial charge in [0.2, 0.25) is 5.78 Å². The van der Waals surface area contributed by atoms with Crippen LogP contribution in [0.1, 0.15) is 33.7 Å². The Kier molecular flexibility index (Phi) is 4.11. The van der Waals surface area contributed by atoms with Crippen molar-refractivity contribution in [3.05, 3.63) is 82.9 Å². The molecule has 4 heterocycles. The van der Waals surface area contributed by atoms with Gasteiger partial charge in [0.1, 0.15) is 17.6 Å². The fraction of sp³-hybridized carbons (Fsp3) is 0.136. The third-order valence-electron chi connectivity index (χ3n) is 4.97. The van der Waals surface area contributed by atoms with Gasteiger partial charge < -0.3 is 13.9 Å². The van der Waals surface area contributed by atoms with Gasteiger partial charge in [-0.15, -0.1) is 0 Å². The lowest BCUT2D eigenvalue weighted by atomic mass is 10.00. The molecular formula is C22H16N2O5S. The zero-order chi connectivity index (χ0) is 21.0. The van der Waals surface area contributed by atoms with Crippen molar-refractivity contribution in [3.63, 3.8) is 0 Å². The predicted molar refractivity (Wildman–Crippen MR) is 111 cm³/mol. The third-order valence-corrected chi connectivity index (χ3v) is 5.98. The number of benzene rings is 1. The summed E-state index contributed by atoms with van der Waals surface area (Å²) < 4.78 is 11.9. The fourth-order valence-corrected chi connectivity index (χ4v) is 4.66. The van der Waals surface area contributed by atoms with E-state index in [9.17, 15) is 14.7 Å². The molecule has 8 heteroatoms. The number of hydrogen-bond acceptors (Lipinski definition) is 7. The Balaban J connectivity index is 1.68. The first kappa shape index (κ1) is 18.4. The third kappa shape index (κ3) is 2.76. The molecule has 1 aliphatic rings. The lowest BCUT2D eigenvalue weighted by Gasteiger charge is -2.21. The molecule has 3 aromatic heterocycles. The average molecular weight is 420 g/mol. The van der Waals surface area contributed by atoms with Crippen LogP contribution in [-0.4, -0.2) is 21.8 Å². The van der Waals surface area contributed by atoms with Crippen LogP contribution >= 0.6 is 11.3 Å². The summed E-state index contributed by atoms with van der Waals surface area (Å²) in [5.74, 6) is -0.918. The van der Waals surface area contributed by atoms with Crippen molar-refractivity contribution in [2.75, 3.05) is 4.90 Å². The molecule has 5 rings (SSSR count). The van der Waals surface area contributed by atoms with Gasteiger partial charge in [-0.3, -0.25) is 14.5 Å². The van der Waals surface area contributed by atoms with Crippen molar-refractivity contribution >= 4 is 38.4 Å². The van der Waals surface area contributed by atoms with Gasteiger partial charge in [0.25, 0.3) is 5.91 Å². The van der Waals surface area contributed by atoms with Crippen molar-refractivity contribution in [1.29, 1.82) is 0 Å². The number of thiazole rings is 1. The molecule has 7 nitrogen and oxygen atoms in total. The molecule has 0 aliphatic carbocycles. The minimum absolute atomic E-state index is 0.0272. The highest BCUT2D eigenvalue weighted by Crippen LogP contribution is 2.44. The molecular weight excluding hydrogens is 404 g/mol. The van der Waals surface area contributed by atoms with Crippen LogP contribution in [-0.2, 0) is 4.79 Å². The molecule has 0 bridgehead atoms. The number of furan rings is 2. The number of carbonyl (C=O) groups is 2. The highest BCUT2D eigenvalue weighted by Gasteiger charge is 2.47. The fourth-order valence-electron chi connectivity index (χ4n) is 3.57. The first-order valence-corrected chi connectivity index (χ1v) is 10.0. The van der Waals surface area contributed by atoms with E-state index in [0.717, 1.165) is 15.8 Å². The molecule has 0 fully saturated rings. The number of Topliss-reactive ketones (excluding diaryl/α,β-unsaturated/α-hetero) is 1. The van der Waals surface area contributed by atoms with Crippen LogP contribution in [0.3, 0.4) is 0 Å². The summed E-state index contributed by atoms with van der Waals surface area (Å²) in [4.78, 5) is 32.1. The van der Waals surface area contributed by atoms with Gasteiger partial charge in [0.05, 0.1) is 22.1 Å². The van der Waals surface area contributed by atoms with Crippen LogP contribution in [0.25, 0.3) is 10.2 Å². The quantitative estimate of drug-likeness (QED) is 0.473. The maximum Gasteiger partial charge on any atom is 0.296 e. The van der Waals surface area contributed by atoms with Gasteiger partial charge in [-0.1, -0.05) is 17.4 Å². The zero-order valence-corrected chi connectivity index (χ0v) is 16.9. The standard InChI is InChI=1S/C22H16N2O5S/c1-11-5-7-13-16(10-11)30-22(23-13)24-18(14-8-6-12(2)29-14)17(20(26)21(24)27)19(25)15-4-3-9-28-15/h3-10,18,26H,1-2H3/t18-/m1/s1. The lowest BCUT2D eigenvalue weighted by molar-refractivity contribution is -0.117. The van der Waals surface area contributed by atoms with E-state index in [-0.39, 0.29) is 11.3 Å². The topological polar surface area (TPSA) is 96.8 Å². The van der Waals surface area contributed by atoms with Gasteiger partial charge in [-0.2, -0.15) is 0 Å². The summed E-state index contributed by atoms with van der Waals surface area (Å²) in [6.45, 7) is 3.74. The lowest BCUT2D eigenvalue weighted by Crippen LogP contribution is -2.30. The second-order valence-corrected chi connectivity index (χ2v) is 8.07. The summed E-state index contributed by atoms with van der Waals surface area (Å²) in [7, 11) is 0. The van der Waals surface area contributed by atoms with E-state index in [0.29, 0.717) is 16.7 Å². The number of hydrogen-bond donors (Lipinski definition) is 1. The Hall–Kier alpha value is -3.65. The van der Waals surface area contributed by atoms with Crippen LogP contribution in [0.5, 0.6) is 0 Å². The first-order chi connectivity index (χ1) is 14.4. The first-order valence-electron chi connectivity index (χ1n) is 9.22. The maximum absolute atomic E-state index is 13.1. The molecule has 150 valence electrons. The monoisotopic (exact) mass is 420 g/mol. The number of carbonyl (C=O) groups excluding carboxylic acids is 2. The minimum Gasteiger partial charge on any atom is -0.503 e. The van der Waals surface area contributed by atoms with E-state index in [1.807, 2.05) is 25.1 Å². The summed E-state index contributed by atoms with van der Waals surface area (Å²) >= 11 is 1.31. The molecule has 1 amide bonds. The Morgan fingerprint density at radius 1 is 1.20 bits per heavy atom. The summed E-state index contributed by atoms with van der Waals surface area (Å²) in [6, 6.07) is 11.3. The SMILES string of the molecule is Cc1ccc2nc(N3C(=O)C(O)=C(C(=O)c4ccco4)[C@H]3c3ccc(C)o3)sc2c1. The number of aryl methyl sites for hydroxylation is 2. The van der Waals surface area contributed by atoms with Crippen molar-refractivity contribution in [3.8, 4) is 0 Å². The number of fused-ring (bicyclic) bond motifs is 1. The summed E-state index contributed by atoms with van der Waals surface area (Å²) in [6.07, 6.45) is 1.36. The Morgan fingerprint density at radius 3 is 2.73 bits per heavy atom. The maximum atomic E-state index is 13.1. The van der Waals surface area contributed by atoms with Crippen molar-refractivity contribution in [1.82, 2.24) is 4.98 Å². The molecule has 4 aromatic rings. The number of amides is 1. The second kappa shape index (κ2) is 6.70. The van der Waals surface area contributed by atoms with E-state index >= 15 is 0 Å². The van der Waals surface area contributed by atoms with Crippen LogP contribution in [0, 0.1) is 13.8 Å². The number of ketones is 1. The van der Waals surface area contributed by atoms with Crippen molar-refractivity contribution in [2.45, 2.75) is 19.9 Å². The molecule has 1 atom stereocenters. The van der Waals surface area contributed by atoms with E-state index in [2.05, 4.69) is 4.98 Å². The van der Waals surface area contributed by atoms with Crippen molar-refractivity contribution < 1.29 is 23.5 Å². The number of aliphatic hydroxyl groups excluding tert-OH is 1. The molecule has 0 unspecified atom stereocenters. The summed E-state index contributed by atoms with van der Waals surface area (Å²) in [5.41, 5.74) is 1.70. The van der Waals surface area contributed by atoms with E-state index in [4.69, 9.17) is 8.83 Å². The highest BCUT2D eigenvalue weighted by atomic mass is 32.1. The van der Waals surface area contributed by atoms with Gasteiger partial charge in [0, 0.05) is 0 Å². The van der Waals surface area contributed by atoms with E-state index in [1.54, 1.807) is 25.1 Å². The van der Waals surface area contributed by atoms with Crippen LogP contribution in [0.4, 0.5) is 5.13 Å². The Bertz CT molecular complexity index is 1330. The normalized spacial score (nSPS) is 16.8. The molecule has 30 heavy (non-hydrogen) atoms. The highest BCUT2D eigenvalue weighted by molar-refractivity contribution is 7.22. The predicted octanol–water partition coefficient (Wildman–Crippen LogP) is 4.88. The number of aromatic nitrogens is 1. The molecule has 1 N–H and O–H groups in total. The summed E-state index contributed by atoms with van der Waals surface area (Å²) in [5, 5.41) is 11.0. The number of nitrogens with zero attached hydrogens (tertiary/aromatic N) is 2. The van der Waals surface area contributed by atoms with Crippen LogP contribution in [0.15, 0.2) is 68.9 Å². The number of rotatable bonds is 4. The van der Waals surface area contributed by atoms with E-state index < -0.39 is 23.5 Å². The zero-order valence-electron chi connectivity index (χ0n) is 16.1. The molecule has 0 radical (unpaired) electrons. The number of aliphatic hydroxyl groups is 1. The largest absolute Gasteiger partial charge is 0.503 e. The Morgan fingerprint density at radius 2 is 2.03 bits per heavy atom. The number of anilines is 1. The van der Waals surface area contributed by atoms with Gasteiger partial charge >= 0.3 is 0 Å². The van der Waals surface area contributed by atoms with Crippen molar-refractivity contribution in [2.24, 2.45) is 0 Å². The molecule has 1 aliphatic heterocycles. The van der Waals surface area contributed by atoms with E-state index in [1.165, 1.54) is 28.6 Å². The van der Waals surface area contributed by atoms with Gasteiger partial charge in [0.15, 0.2) is 16.7 Å².